The minimum absolute atomic E-state index is 0.00255. The van der Waals surface area contributed by atoms with Crippen LogP contribution in [0, 0.1) is 5.92 Å². The van der Waals surface area contributed by atoms with E-state index < -0.39 is 44.5 Å². The van der Waals surface area contributed by atoms with Crippen LogP contribution < -0.4 is 11.4 Å². The smallest absolute Gasteiger partial charge is 0.353 e. The maximum Gasteiger partial charge on any atom is 0.353 e. The third kappa shape index (κ3) is 7.84. The monoisotopic (exact) mass is 611 g/mol. The Kier molecular flexibility index (Phi) is 10.4. The summed E-state index contributed by atoms with van der Waals surface area (Å²) in [4.78, 5) is 30.2. The second-order valence-electron chi connectivity index (χ2n) is 13.6. The maximum atomic E-state index is 13.2. The van der Waals surface area contributed by atoms with Gasteiger partial charge in [0.15, 0.2) is 8.32 Å². The zero-order valence-corrected chi connectivity index (χ0v) is 28.0. The number of fused-ring (bicyclic) bond motifs is 1. The molecule has 10 heteroatoms. The second-order valence-corrected chi connectivity index (χ2v) is 18.4. The van der Waals surface area contributed by atoms with Crippen molar-refractivity contribution < 1.29 is 23.1 Å². The number of rotatable bonds is 12. The van der Waals surface area contributed by atoms with Gasteiger partial charge in [0.1, 0.15) is 30.2 Å². The Labute approximate surface area is 256 Å². The maximum absolute atomic E-state index is 13.2. The molecule has 2 N–H and O–H groups in total. The van der Waals surface area contributed by atoms with Crippen LogP contribution >= 0.6 is 0 Å². The molecule has 0 amide bonds. The third-order valence-electron chi connectivity index (χ3n) is 8.91. The van der Waals surface area contributed by atoms with Crippen LogP contribution in [0.4, 0.5) is 0 Å². The van der Waals surface area contributed by atoms with Gasteiger partial charge in [-0.15, -0.1) is 0 Å². The van der Waals surface area contributed by atoms with Gasteiger partial charge in [-0.2, -0.15) is 4.98 Å². The van der Waals surface area contributed by atoms with Crippen LogP contribution in [-0.2, 0) is 25.1 Å². The molecule has 1 aliphatic rings. The summed E-state index contributed by atoms with van der Waals surface area (Å²) in [6.07, 6.45) is 4.76. The van der Waals surface area contributed by atoms with E-state index in [-0.39, 0.29) is 29.7 Å². The molecule has 3 heterocycles. The molecule has 0 saturated carbocycles. The van der Waals surface area contributed by atoms with Crippen molar-refractivity contribution in [3.63, 3.8) is 0 Å². The number of ether oxygens (including phenoxy) is 2. The van der Waals surface area contributed by atoms with Crippen molar-refractivity contribution in [2.45, 2.75) is 116 Å². The van der Waals surface area contributed by atoms with Gasteiger partial charge in [0.2, 0.25) is 5.71 Å². The number of benzene rings is 1. The molecule has 0 spiro atoms. The van der Waals surface area contributed by atoms with E-state index in [0.29, 0.717) is 11.1 Å². The summed E-state index contributed by atoms with van der Waals surface area (Å²) in [5.74, 6) is 0.0786. The van der Waals surface area contributed by atoms with Gasteiger partial charge in [0.05, 0.1) is 12.0 Å². The molecule has 236 valence electrons. The Balaban J connectivity index is 1.56. The first kappa shape index (κ1) is 33.1. The second kappa shape index (κ2) is 13.5. The minimum Gasteiger partial charge on any atom is -0.458 e. The molecule has 3 aromatic rings. The van der Waals surface area contributed by atoms with Crippen LogP contribution in [0.15, 0.2) is 45.7 Å². The van der Waals surface area contributed by atoms with Crippen LogP contribution in [0.25, 0.3) is 22.4 Å². The highest BCUT2D eigenvalue weighted by Crippen LogP contribution is 2.38. The molecule has 1 aliphatic heterocycles. The van der Waals surface area contributed by atoms with Crippen molar-refractivity contribution in [3.05, 3.63) is 52.6 Å². The molecule has 4 atom stereocenters. The largest absolute Gasteiger partial charge is 0.458 e. The zero-order chi connectivity index (χ0) is 31.5. The Hall–Kier alpha value is -2.79. The van der Waals surface area contributed by atoms with E-state index in [4.69, 9.17) is 24.1 Å². The van der Waals surface area contributed by atoms with E-state index >= 15 is 0 Å². The van der Waals surface area contributed by atoms with Crippen LogP contribution in [0.2, 0.25) is 18.1 Å². The normalized spacial score (nSPS) is 20.2. The third-order valence-corrected chi connectivity index (χ3v) is 13.4. The van der Waals surface area contributed by atoms with Crippen molar-refractivity contribution in [3.8, 4) is 11.3 Å². The lowest BCUT2D eigenvalue weighted by Gasteiger charge is -2.37. The van der Waals surface area contributed by atoms with Crippen molar-refractivity contribution >= 4 is 25.4 Å². The van der Waals surface area contributed by atoms with Crippen LogP contribution in [-0.4, -0.2) is 48.7 Å². The first-order valence-electron chi connectivity index (χ1n) is 15.6. The molecular formula is C33H49N3O6Si. The fourth-order valence-electron chi connectivity index (χ4n) is 4.84. The average molecular weight is 612 g/mol. The predicted molar refractivity (Wildman–Crippen MR) is 171 cm³/mol. The van der Waals surface area contributed by atoms with Crippen molar-refractivity contribution in [1.29, 1.82) is 0 Å². The Morgan fingerprint density at radius 3 is 2.51 bits per heavy atom. The Morgan fingerprint density at radius 1 is 1.19 bits per heavy atom. The molecule has 43 heavy (non-hydrogen) atoms. The molecule has 9 nitrogen and oxygen atoms in total. The highest BCUT2D eigenvalue weighted by molar-refractivity contribution is 6.74. The lowest BCUT2D eigenvalue weighted by atomic mass is 10.0. The molecular weight excluding hydrogens is 562 g/mol. The number of furan rings is 1. The highest BCUT2D eigenvalue weighted by Gasteiger charge is 2.43. The van der Waals surface area contributed by atoms with Crippen LogP contribution in [0.3, 0.4) is 0 Å². The molecule has 2 aromatic heterocycles. The molecule has 0 aliphatic carbocycles. The van der Waals surface area contributed by atoms with Crippen molar-refractivity contribution in [2.75, 3.05) is 6.61 Å². The molecule has 1 unspecified atom stereocenters. The van der Waals surface area contributed by atoms with E-state index in [1.807, 2.05) is 32.0 Å². The fraction of sp³-hybridized carbons (Fsp3) is 0.606. The average Bonchev–Trinajstić information content (AvgIpc) is 3.54. The van der Waals surface area contributed by atoms with Crippen molar-refractivity contribution in [2.24, 2.45) is 11.7 Å². The van der Waals surface area contributed by atoms with Gasteiger partial charge < -0.3 is 24.1 Å². The summed E-state index contributed by atoms with van der Waals surface area (Å²) in [6, 6.07) is 9.46. The van der Waals surface area contributed by atoms with Gasteiger partial charge in [0.25, 0.3) is 0 Å². The van der Waals surface area contributed by atoms with E-state index in [1.54, 1.807) is 6.20 Å². The summed E-state index contributed by atoms with van der Waals surface area (Å²) in [5, 5.41) is 0.679. The molecule has 0 bridgehead atoms. The molecule has 1 fully saturated rings. The van der Waals surface area contributed by atoms with E-state index in [0.717, 1.165) is 12.0 Å². The van der Waals surface area contributed by atoms with Crippen molar-refractivity contribution in [1.82, 2.24) is 9.55 Å². The highest BCUT2D eigenvalue weighted by atomic mass is 28.4. The number of nitrogens with zero attached hydrogens (tertiary/aromatic N) is 2. The summed E-state index contributed by atoms with van der Waals surface area (Å²) in [6.45, 7) is 17.0. The standard InChI is InChI=1S/C33H49N3O6Si/c1-9-10-11-12-22-13-15-23(16-14-22)25-17-24-19-36(32(38)35-30(24)41-25)28-18-26(42-31(37)29(34)21(2)3)27(40-28)20-39-43(7,8)33(4,5)6/h13-17,19,21,26-29H,9-12,18,20,34H2,1-8H3/t26-,27-,28-,29?/m1/s1. The van der Waals surface area contributed by atoms with Gasteiger partial charge in [-0.25, -0.2) is 4.79 Å². The van der Waals surface area contributed by atoms with E-state index in [2.05, 4.69) is 57.9 Å². The number of unbranched alkanes of at least 4 members (excludes halogenated alkanes) is 2. The summed E-state index contributed by atoms with van der Waals surface area (Å²) < 4.78 is 26.1. The minimum atomic E-state index is -2.11. The van der Waals surface area contributed by atoms with E-state index in [9.17, 15) is 9.59 Å². The van der Waals surface area contributed by atoms with Gasteiger partial charge in [0, 0.05) is 18.2 Å². The fourth-order valence-corrected chi connectivity index (χ4v) is 5.85. The quantitative estimate of drug-likeness (QED) is 0.138. The molecule has 0 radical (unpaired) electrons. The van der Waals surface area contributed by atoms with Crippen LogP contribution in [0.1, 0.15) is 79.0 Å². The van der Waals surface area contributed by atoms with Gasteiger partial charge in [-0.3, -0.25) is 9.36 Å². The number of carbonyl (C=O) groups excluding carboxylic acids is 1. The summed E-state index contributed by atoms with van der Waals surface area (Å²) in [5.41, 5.74) is 8.07. The number of aromatic nitrogens is 2. The lowest BCUT2D eigenvalue weighted by Crippen LogP contribution is -2.45. The number of aryl methyl sites for hydroxylation is 1. The van der Waals surface area contributed by atoms with E-state index in [1.165, 1.54) is 29.4 Å². The SMILES string of the molecule is CCCCCc1ccc(-c2cc3cn([C@H]4C[C@@H](OC(=O)C(N)C(C)C)[C@@H](CO[Si](C)(C)C(C)(C)C)O4)c(=O)nc3o2)cc1. The first-order valence-corrected chi connectivity index (χ1v) is 18.5. The summed E-state index contributed by atoms with van der Waals surface area (Å²) in [7, 11) is -2.11. The Bertz CT molecular complexity index is 1440. The van der Waals surface area contributed by atoms with Crippen LogP contribution in [0.5, 0.6) is 0 Å². The molecule has 1 aromatic carbocycles. The van der Waals surface area contributed by atoms with Gasteiger partial charge >= 0.3 is 11.7 Å². The van der Waals surface area contributed by atoms with Gasteiger partial charge in [-0.05, 0) is 48.5 Å². The topological polar surface area (TPSA) is 119 Å². The zero-order valence-electron chi connectivity index (χ0n) is 27.0. The van der Waals surface area contributed by atoms with Gasteiger partial charge in [-0.1, -0.05) is 78.6 Å². The summed E-state index contributed by atoms with van der Waals surface area (Å²) >= 11 is 0. The number of nitrogens with two attached hydrogens (primary N) is 1. The number of hydrogen-bond acceptors (Lipinski definition) is 8. The number of esters is 1. The molecule has 4 rings (SSSR count). The Morgan fingerprint density at radius 2 is 1.88 bits per heavy atom. The molecule has 1 saturated heterocycles. The first-order chi connectivity index (χ1) is 20.2. The lowest BCUT2D eigenvalue weighted by molar-refractivity contribution is -0.155. The predicted octanol–water partition coefficient (Wildman–Crippen LogP) is 6.59. The number of hydrogen-bond donors (Lipinski definition) is 1. The number of carbonyl (C=O) groups is 1.